The van der Waals surface area contributed by atoms with Gasteiger partial charge in [0.15, 0.2) is 0 Å². The highest BCUT2D eigenvalue weighted by Crippen LogP contribution is 2.27. The van der Waals surface area contributed by atoms with Crippen LogP contribution in [0.25, 0.3) is 0 Å². The number of anilines is 1. The molecule has 2 rings (SSSR count). The van der Waals surface area contributed by atoms with Gasteiger partial charge in [-0.1, -0.05) is 17.7 Å². The van der Waals surface area contributed by atoms with Crippen LogP contribution >= 0.6 is 11.6 Å². The van der Waals surface area contributed by atoms with Crippen molar-refractivity contribution in [3.8, 4) is 0 Å². The van der Waals surface area contributed by atoms with E-state index < -0.39 is 30.5 Å². The number of benzene rings is 1. The molecule has 1 aliphatic heterocycles. The first-order valence-corrected chi connectivity index (χ1v) is 6.95. The van der Waals surface area contributed by atoms with E-state index in [4.69, 9.17) is 11.6 Å². The summed E-state index contributed by atoms with van der Waals surface area (Å²) in [6.07, 6.45) is -4.69. The SMILES string of the molecule is Cc1c(Cl)cccc1NC(=O)[C@H]1CC(=O)N(CC(F)(F)F)C1. The van der Waals surface area contributed by atoms with Crippen LogP contribution in [0.2, 0.25) is 5.02 Å². The molecule has 1 heterocycles. The normalized spacial score (nSPS) is 18.7. The van der Waals surface area contributed by atoms with Gasteiger partial charge < -0.3 is 10.2 Å². The number of rotatable bonds is 3. The molecule has 4 nitrogen and oxygen atoms in total. The largest absolute Gasteiger partial charge is 0.406 e. The molecule has 0 aromatic heterocycles. The summed E-state index contributed by atoms with van der Waals surface area (Å²) in [5.41, 5.74) is 1.15. The summed E-state index contributed by atoms with van der Waals surface area (Å²) in [6, 6.07) is 4.96. The van der Waals surface area contributed by atoms with Gasteiger partial charge >= 0.3 is 6.18 Å². The Morgan fingerprint density at radius 3 is 2.77 bits per heavy atom. The van der Waals surface area contributed by atoms with Gasteiger partial charge in [0.25, 0.3) is 0 Å². The third-order valence-electron chi connectivity index (χ3n) is 3.48. The van der Waals surface area contributed by atoms with E-state index in [9.17, 15) is 22.8 Å². The van der Waals surface area contributed by atoms with Gasteiger partial charge in [-0.2, -0.15) is 13.2 Å². The number of amides is 2. The summed E-state index contributed by atoms with van der Waals surface area (Å²) < 4.78 is 37.0. The van der Waals surface area contributed by atoms with Crippen molar-refractivity contribution in [1.29, 1.82) is 0 Å². The number of hydrogen-bond donors (Lipinski definition) is 1. The Kier molecular flexibility index (Phi) is 4.65. The van der Waals surface area contributed by atoms with Gasteiger partial charge in [-0.25, -0.2) is 0 Å². The summed E-state index contributed by atoms with van der Waals surface area (Å²) >= 11 is 5.94. The highest BCUT2D eigenvalue weighted by molar-refractivity contribution is 6.31. The molecule has 0 aliphatic carbocycles. The minimum atomic E-state index is -4.47. The number of nitrogens with one attached hydrogen (secondary N) is 1. The monoisotopic (exact) mass is 334 g/mol. The minimum absolute atomic E-state index is 0.221. The van der Waals surface area contributed by atoms with Crippen LogP contribution in [0.15, 0.2) is 18.2 Å². The zero-order chi connectivity index (χ0) is 16.5. The Balaban J connectivity index is 2.02. The topological polar surface area (TPSA) is 49.4 Å². The van der Waals surface area contributed by atoms with Gasteiger partial charge in [-0.3, -0.25) is 9.59 Å². The first-order chi connectivity index (χ1) is 10.2. The highest BCUT2D eigenvalue weighted by atomic mass is 35.5. The van der Waals surface area contributed by atoms with Gasteiger partial charge in [0.05, 0.1) is 5.92 Å². The van der Waals surface area contributed by atoms with E-state index in [1.54, 1.807) is 25.1 Å². The summed E-state index contributed by atoms with van der Waals surface area (Å²) in [5.74, 6) is -1.95. The van der Waals surface area contributed by atoms with Crippen LogP contribution in [0.5, 0.6) is 0 Å². The van der Waals surface area contributed by atoms with Crippen LogP contribution in [0, 0.1) is 12.8 Å². The molecule has 0 radical (unpaired) electrons. The third kappa shape index (κ3) is 3.91. The molecule has 1 atom stereocenters. The van der Waals surface area contributed by atoms with E-state index in [0.717, 1.165) is 0 Å². The fraction of sp³-hybridized carbons (Fsp3) is 0.429. The van der Waals surface area contributed by atoms with E-state index in [-0.39, 0.29) is 13.0 Å². The van der Waals surface area contributed by atoms with E-state index in [1.165, 1.54) is 0 Å². The second-order valence-corrected chi connectivity index (χ2v) is 5.60. The van der Waals surface area contributed by atoms with Gasteiger partial charge in [0.2, 0.25) is 11.8 Å². The number of nitrogens with zero attached hydrogens (tertiary/aromatic N) is 1. The Hall–Kier alpha value is -1.76. The quantitative estimate of drug-likeness (QED) is 0.923. The molecule has 2 amide bonds. The molecule has 0 unspecified atom stereocenters. The van der Waals surface area contributed by atoms with Crippen LogP contribution in [-0.2, 0) is 9.59 Å². The van der Waals surface area contributed by atoms with Gasteiger partial charge in [0, 0.05) is 23.7 Å². The Bertz CT molecular complexity index is 604. The number of hydrogen-bond acceptors (Lipinski definition) is 2. The van der Waals surface area contributed by atoms with E-state index in [1.807, 2.05) is 0 Å². The molecule has 22 heavy (non-hydrogen) atoms. The Labute approximate surface area is 130 Å². The smallest absolute Gasteiger partial charge is 0.333 e. The van der Waals surface area contributed by atoms with Crippen LogP contribution in [0.1, 0.15) is 12.0 Å². The van der Waals surface area contributed by atoms with Crippen LogP contribution < -0.4 is 5.32 Å². The number of carbonyl (C=O) groups is 2. The molecule has 1 N–H and O–H groups in total. The van der Waals surface area contributed by atoms with Crippen LogP contribution in [-0.4, -0.2) is 36.0 Å². The molecule has 1 aliphatic rings. The number of carbonyl (C=O) groups excluding carboxylic acids is 2. The van der Waals surface area contributed by atoms with E-state index in [0.29, 0.717) is 21.2 Å². The molecule has 1 aromatic carbocycles. The van der Waals surface area contributed by atoms with Crippen molar-refractivity contribution < 1.29 is 22.8 Å². The number of likely N-dealkylation sites (tertiary alicyclic amines) is 1. The maximum atomic E-state index is 12.3. The zero-order valence-corrected chi connectivity index (χ0v) is 12.5. The summed E-state index contributed by atoms with van der Waals surface area (Å²) in [4.78, 5) is 24.3. The predicted molar refractivity (Wildman–Crippen MR) is 75.6 cm³/mol. The summed E-state index contributed by atoms with van der Waals surface area (Å²) in [5, 5.41) is 3.08. The molecule has 8 heteroatoms. The molecule has 0 bridgehead atoms. The highest BCUT2D eigenvalue weighted by Gasteiger charge is 2.40. The molecule has 1 fully saturated rings. The average Bonchev–Trinajstić information content (AvgIpc) is 2.74. The van der Waals surface area contributed by atoms with Gasteiger partial charge in [-0.05, 0) is 24.6 Å². The van der Waals surface area contributed by atoms with Crippen molar-refractivity contribution >= 4 is 29.1 Å². The van der Waals surface area contributed by atoms with Crippen LogP contribution in [0.4, 0.5) is 18.9 Å². The van der Waals surface area contributed by atoms with Crippen molar-refractivity contribution in [2.45, 2.75) is 19.5 Å². The Morgan fingerprint density at radius 2 is 2.14 bits per heavy atom. The molecular formula is C14H14ClF3N2O2. The van der Waals surface area contributed by atoms with Gasteiger partial charge in [0.1, 0.15) is 6.54 Å². The van der Waals surface area contributed by atoms with Gasteiger partial charge in [-0.15, -0.1) is 0 Å². The zero-order valence-electron chi connectivity index (χ0n) is 11.7. The first-order valence-electron chi connectivity index (χ1n) is 6.58. The maximum Gasteiger partial charge on any atom is 0.406 e. The lowest BCUT2D eigenvalue weighted by atomic mass is 10.1. The molecule has 120 valence electrons. The fourth-order valence-electron chi connectivity index (χ4n) is 2.29. The predicted octanol–water partition coefficient (Wildman–Crippen LogP) is 3.00. The van der Waals surface area contributed by atoms with E-state index >= 15 is 0 Å². The lowest BCUT2D eigenvalue weighted by Crippen LogP contribution is -2.36. The summed E-state index contributed by atoms with van der Waals surface area (Å²) in [6.45, 7) is 0.156. The summed E-state index contributed by atoms with van der Waals surface area (Å²) in [7, 11) is 0. The van der Waals surface area contributed by atoms with Crippen molar-refractivity contribution in [1.82, 2.24) is 4.90 Å². The molecule has 1 aromatic rings. The number of alkyl halides is 3. The van der Waals surface area contributed by atoms with Crippen molar-refractivity contribution in [3.63, 3.8) is 0 Å². The number of halogens is 4. The van der Waals surface area contributed by atoms with E-state index in [2.05, 4.69) is 5.32 Å². The Morgan fingerprint density at radius 1 is 1.45 bits per heavy atom. The molecule has 0 saturated carbocycles. The molecular weight excluding hydrogens is 321 g/mol. The maximum absolute atomic E-state index is 12.3. The third-order valence-corrected chi connectivity index (χ3v) is 3.89. The van der Waals surface area contributed by atoms with Crippen LogP contribution in [0.3, 0.4) is 0 Å². The van der Waals surface area contributed by atoms with Crippen molar-refractivity contribution in [2.24, 2.45) is 5.92 Å². The standard InChI is InChI=1S/C14H14ClF3N2O2/c1-8-10(15)3-2-4-11(8)19-13(22)9-5-12(21)20(6-9)7-14(16,17)18/h2-4,9H,5-7H2,1H3,(H,19,22)/t9-/m0/s1. The minimum Gasteiger partial charge on any atom is -0.333 e. The lowest BCUT2D eigenvalue weighted by molar-refractivity contribution is -0.157. The first kappa shape index (κ1) is 16.6. The molecule has 0 spiro atoms. The average molecular weight is 335 g/mol. The van der Waals surface area contributed by atoms with Crippen molar-refractivity contribution in [2.75, 3.05) is 18.4 Å². The molecule has 1 saturated heterocycles. The fourth-order valence-corrected chi connectivity index (χ4v) is 2.47. The lowest BCUT2D eigenvalue weighted by Gasteiger charge is -2.18. The second kappa shape index (κ2) is 6.16. The van der Waals surface area contributed by atoms with Crippen molar-refractivity contribution in [3.05, 3.63) is 28.8 Å². The second-order valence-electron chi connectivity index (χ2n) is 5.19.